The van der Waals surface area contributed by atoms with Crippen LogP contribution in [0.25, 0.3) is 5.57 Å². The van der Waals surface area contributed by atoms with E-state index in [4.69, 9.17) is 0 Å². The van der Waals surface area contributed by atoms with E-state index in [9.17, 15) is 4.79 Å². The van der Waals surface area contributed by atoms with Crippen molar-refractivity contribution < 1.29 is 4.79 Å². The maximum atomic E-state index is 12.4. The number of urea groups is 1. The van der Waals surface area contributed by atoms with Crippen LogP contribution in [0.5, 0.6) is 0 Å². The summed E-state index contributed by atoms with van der Waals surface area (Å²) in [5.74, 6) is 0. The molecule has 0 fully saturated rings. The van der Waals surface area contributed by atoms with Crippen LogP contribution in [0.3, 0.4) is 0 Å². The van der Waals surface area contributed by atoms with Crippen LogP contribution in [0.4, 0.5) is 10.5 Å². The highest BCUT2D eigenvalue weighted by atomic mass is 16.2. The number of amides is 2. The Kier molecular flexibility index (Phi) is 5.13. The first kappa shape index (κ1) is 17.8. The first-order valence-corrected chi connectivity index (χ1v) is 8.12. The minimum atomic E-state index is -0.492. The highest BCUT2D eigenvalue weighted by Crippen LogP contribution is 2.24. The van der Waals surface area contributed by atoms with Gasteiger partial charge in [-0.25, -0.2) is 4.79 Å². The Morgan fingerprint density at radius 3 is 2.42 bits per heavy atom. The second-order valence-electron chi connectivity index (χ2n) is 6.88. The van der Waals surface area contributed by atoms with Gasteiger partial charge in [0.1, 0.15) is 0 Å². The van der Waals surface area contributed by atoms with Gasteiger partial charge in [-0.3, -0.25) is 0 Å². The largest absolute Gasteiger partial charge is 0.329 e. The molecule has 2 aromatic rings. The number of carbonyl (C=O) groups is 1. The molecule has 2 amide bonds. The van der Waals surface area contributed by atoms with Crippen LogP contribution < -0.4 is 10.6 Å². The monoisotopic (exact) mass is 322 g/mol. The second-order valence-corrected chi connectivity index (χ2v) is 6.88. The third-order valence-corrected chi connectivity index (χ3v) is 4.13. The number of rotatable bonds is 4. The lowest BCUT2D eigenvalue weighted by molar-refractivity contribution is 0.242. The fraction of sp³-hybridized carbons (Fsp3) is 0.286. The van der Waals surface area contributed by atoms with Crippen LogP contribution in [0.1, 0.15) is 43.0 Å². The van der Waals surface area contributed by atoms with Crippen molar-refractivity contribution in [2.75, 3.05) is 5.32 Å². The Bertz CT molecular complexity index is 775. The molecule has 0 spiro atoms. The number of allylic oxidation sites excluding steroid dienone is 1. The molecule has 24 heavy (non-hydrogen) atoms. The van der Waals surface area contributed by atoms with Gasteiger partial charge in [0.25, 0.3) is 0 Å². The van der Waals surface area contributed by atoms with Gasteiger partial charge < -0.3 is 10.6 Å². The number of hydrogen-bond acceptors (Lipinski definition) is 1. The van der Waals surface area contributed by atoms with Crippen LogP contribution in [0.2, 0.25) is 0 Å². The predicted octanol–water partition coefficient (Wildman–Crippen LogP) is 5.39. The summed E-state index contributed by atoms with van der Waals surface area (Å²) in [4.78, 5) is 12.4. The molecule has 0 unspecified atom stereocenters. The summed E-state index contributed by atoms with van der Waals surface area (Å²) in [7, 11) is 0. The third kappa shape index (κ3) is 4.25. The molecule has 0 bridgehead atoms. The van der Waals surface area contributed by atoms with Crippen LogP contribution >= 0.6 is 0 Å². The lowest BCUT2D eigenvalue weighted by Gasteiger charge is -2.28. The first-order chi connectivity index (χ1) is 11.2. The molecular weight excluding hydrogens is 296 g/mol. The molecule has 2 aromatic carbocycles. The Morgan fingerprint density at radius 1 is 1.08 bits per heavy atom. The van der Waals surface area contributed by atoms with E-state index in [1.54, 1.807) is 0 Å². The van der Waals surface area contributed by atoms with Crippen LogP contribution in [0.15, 0.2) is 49.0 Å². The average molecular weight is 322 g/mol. The molecule has 0 atom stereocenters. The van der Waals surface area contributed by atoms with Gasteiger partial charge in [0.15, 0.2) is 0 Å². The average Bonchev–Trinajstić information content (AvgIpc) is 2.49. The molecule has 0 aliphatic heterocycles. The Labute approximate surface area is 144 Å². The van der Waals surface area contributed by atoms with Gasteiger partial charge in [0.2, 0.25) is 0 Å². The summed E-state index contributed by atoms with van der Waals surface area (Å²) in [5.41, 5.74) is 5.68. The molecule has 126 valence electrons. The second kappa shape index (κ2) is 6.91. The molecule has 2 N–H and O–H groups in total. The third-order valence-electron chi connectivity index (χ3n) is 4.13. The van der Waals surface area contributed by atoms with Gasteiger partial charge in [-0.15, -0.1) is 0 Å². The van der Waals surface area contributed by atoms with E-state index in [1.807, 2.05) is 65.0 Å². The van der Waals surface area contributed by atoms with E-state index in [2.05, 4.69) is 29.3 Å². The van der Waals surface area contributed by atoms with Gasteiger partial charge in [0, 0.05) is 5.69 Å². The zero-order chi connectivity index (χ0) is 17.9. The molecule has 0 aromatic heterocycles. The van der Waals surface area contributed by atoms with E-state index in [-0.39, 0.29) is 6.03 Å². The fourth-order valence-electron chi connectivity index (χ4n) is 2.64. The Balaban J connectivity index is 2.14. The molecule has 0 heterocycles. The predicted molar refractivity (Wildman–Crippen MR) is 102 cm³/mol. The summed E-state index contributed by atoms with van der Waals surface area (Å²) < 4.78 is 0. The number of hydrogen-bond donors (Lipinski definition) is 2. The van der Waals surface area contributed by atoms with Crippen molar-refractivity contribution in [3.05, 3.63) is 71.3 Å². The van der Waals surface area contributed by atoms with Crippen molar-refractivity contribution in [3.8, 4) is 0 Å². The Hall–Kier alpha value is -2.55. The molecule has 3 heteroatoms. The summed E-state index contributed by atoms with van der Waals surface area (Å²) in [6.45, 7) is 14.0. The molecule has 0 saturated carbocycles. The fourth-order valence-corrected chi connectivity index (χ4v) is 2.64. The normalized spacial score (nSPS) is 11.0. The topological polar surface area (TPSA) is 41.1 Å². The van der Waals surface area contributed by atoms with Crippen LogP contribution in [-0.4, -0.2) is 6.03 Å². The van der Waals surface area contributed by atoms with Crippen molar-refractivity contribution >= 4 is 17.3 Å². The molecule has 0 aliphatic rings. The van der Waals surface area contributed by atoms with Crippen molar-refractivity contribution in [2.45, 2.75) is 40.2 Å². The van der Waals surface area contributed by atoms with Crippen molar-refractivity contribution in [1.82, 2.24) is 5.32 Å². The molecule has 3 nitrogen and oxygen atoms in total. The molecule has 0 aliphatic carbocycles. The molecule has 0 saturated heterocycles. The number of nitrogens with one attached hydrogen (secondary N) is 2. The van der Waals surface area contributed by atoms with Gasteiger partial charge in [-0.2, -0.15) is 0 Å². The summed E-state index contributed by atoms with van der Waals surface area (Å²) in [5, 5.41) is 5.98. The summed E-state index contributed by atoms with van der Waals surface area (Å²) in [6, 6.07) is 13.9. The minimum absolute atomic E-state index is 0.215. The smallest absolute Gasteiger partial charge is 0.319 e. The van der Waals surface area contributed by atoms with Crippen LogP contribution in [0, 0.1) is 13.8 Å². The molecule has 2 rings (SSSR count). The maximum absolute atomic E-state index is 12.4. The van der Waals surface area contributed by atoms with Gasteiger partial charge >= 0.3 is 6.03 Å². The number of aryl methyl sites for hydroxylation is 2. The minimum Gasteiger partial charge on any atom is -0.329 e. The summed E-state index contributed by atoms with van der Waals surface area (Å²) >= 11 is 0. The Morgan fingerprint density at radius 2 is 1.79 bits per heavy atom. The zero-order valence-electron chi connectivity index (χ0n) is 15.2. The van der Waals surface area contributed by atoms with Crippen molar-refractivity contribution in [2.24, 2.45) is 0 Å². The van der Waals surface area contributed by atoms with E-state index in [1.165, 1.54) is 5.56 Å². The maximum Gasteiger partial charge on any atom is 0.319 e. The van der Waals surface area contributed by atoms with Gasteiger partial charge in [0.05, 0.1) is 5.54 Å². The van der Waals surface area contributed by atoms with Crippen molar-refractivity contribution in [3.63, 3.8) is 0 Å². The lowest BCUT2D eigenvalue weighted by Crippen LogP contribution is -2.43. The highest BCUT2D eigenvalue weighted by Gasteiger charge is 2.23. The van der Waals surface area contributed by atoms with E-state index in [0.29, 0.717) is 0 Å². The first-order valence-electron chi connectivity index (χ1n) is 8.12. The quantitative estimate of drug-likeness (QED) is 0.778. The van der Waals surface area contributed by atoms with Crippen LogP contribution in [-0.2, 0) is 5.54 Å². The SMILES string of the molecule is C=C(C)c1cccc(C(C)(C)NC(=O)Nc2ccc(C)cc2C)c1. The highest BCUT2D eigenvalue weighted by molar-refractivity contribution is 5.90. The van der Waals surface area contributed by atoms with Gasteiger partial charge in [-0.05, 0) is 63.4 Å². The molecule has 0 radical (unpaired) electrons. The standard InChI is InChI=1S/C21H26N2O/c1-14(2)17-8-7-9-18(13-17)21(5,6)23-20(24)22-19-11-10-15(3)12-16(19)4/h7-13H,1H2,2-6H3,(H2,22,23,24). The lowest BCUT2D eigenvalue weighted by atomic mass is 9.92. The number of carbonyl (C=O) groups excluding carboxylic acids is 1. The van der Waals surface area contributed by atoms with E-state index in [0.717, 1.165) is 28.0 Å². The zero-order valence-corrected chi connectivity index (χ0v) is 15.2. The number of benzene rings is 2. The van der Waals surface area contributed by atoms with Gasteiger partial charge in [-0.1, -0.05) is 48.0 Å². The number of anilines is 1. The van der Waals surface area contributed by atoms with Crippen molar-refractivity contribution in [1.29, 1.82) is 0 Å². The van der Waals surface area contributed by atoms with E-state index >= 15 is 0 Å². The van der Waals surface area contributed by atoms with E-state index < -0.39 is 5.54 Å². The molecular formula is C21H26N2O. The summed E-state index contributed by atoms with van der Waals surface area (Å²) in [6.07, 6.45) is 0.